The molecule has 2 rings (SSSR count). The third-order valence-electron chi connectivity index (χ3n) is 4.45. The first-order valence-corrected chi connectivity index (χ1v) is 8.67. The third kappa shape index (κ3) is 4.42. The molecule has 0 atom stereocenters. The van der Waals surface area contributed by atoms with E-state index in [4.69, 9.17) is 4.74 Å². The molecule has 1 aromatic rings. The van der Waals surface area contributed by atoms with Gasteiger partial charge in [0.05, 0.1) is 5.56 Å². The third-order valence-corrected chi connectivity index (χ3v) is 4.45. The Hall–Kier alpha value is -2.82. The monoisotopic (exact) mass is 355 g/mol. The minimum Gasteiger partial charge on any atom is -0.507 e. The maximum Gasteiger partial charge on any atom is 0.219 e. The molecule has 0 aromatic heterocycles. The van der Waals surface area contributed by atoms with Gasteiger partial charge in [-0.15, -0.1) is 0 Å². The highest BCUT2D eigenvalue weighted by Crippen LogP contribution is 2.29. The lowest BCUT2D eigenvalue weighted by Crippen LogP contribution is -2.37. The number of hydrogen-bond acceptors (Lipinski definition) is 4. The van der Waals surface area contributed by atoms with Gasteiger partial charge in [-0.1, -0.05) is 24.3 Å². The Kier molecular flexibility index (Phi) is 6.78. The van der Waals surface area contributed by atoms with E-state index in [1.54, 1.807) is 24.0 Å². The molecule has 0 saturated carbocycles. The summed E-state index contributed by atoms with van der Waals surface area (Å²) in [5, 5.41) is 9.80. The Morgan fingerprint density at radius 2 is 2.12 bits per heavy atom. The maximum absolute atomic E-state index is 11.8. The first-order valence-electron chi connectivity index (χ1n) is 8.67. The number of benzene rings is 1. The van der Waals surface area contributed by atoms with Crippen LogP contribution in [0.25, 0.3) is 0 Å². The van der Waals surface area contributed by atoms with E-state index in [9.17, 15) is 14.7 Å². The summed E-state index contributed by atoms with van der Waals surface area (Å²) in [5.41, 5.74) is 3.41. The molecule has 0 spiro atoms. The van der Waals surface area contributed by atoms with Gasteiger partial charge in [0, 0.05) is 20.0 Å². The molecule has 1 amide bonds. The number of carbonyl (C=O) groups is 2. The predicted molar refractivity (Wildman–Crippen MR) is 101 cm³/mol. The standard InChI is InChI=1S/C21H25NO4/c1-4-7-16(5-2)18-10-11-22(15(3)24)12-17(18)14-26-21-9-6-8-20(25)19(21)13-23/h4-9,13,25H,10-12,14H2,1-3H3/b7-4-,16-5+. The van der Waals surface area contributed by atoms with Crippen molar-refractivity contribution in [3.63, 3.8) is 0 Å². The molecule has 138 valence electrons. The molecule has 0 saturated heterocycles. The fourth-order valence-electron chi connectivity index (χ4n) is 3.07. The van der Waals surface area contributed by atoms with Crippen molar-refractivity contribution >= 4 is 12.2 Å². The molecule has 0 radical (unpaired) electrons. The average molecular weight is 355 g/mol. The van der Waals surface area contributed by atoms with Crippen LogP contribution in [-0.2, 0) is 4.79 Å². The number of rotatable bonds is 6. The first kappa shape index (κ1) is 19.5. The van der Waals surface area contributed by atoms with Gasteiger partial charge in [-0.2, -0.15) is 0 Å². The summed E-state index contributed by atoms with van der Waals surface area (Å²) < 4.78 is 5.84. The topological polar surface area (TPSA) is 66.8 Å². The van der Waals surface area contributed by atoms with E-state index < -0.39 is 0 Å². The van der Waals surface area contributed by atoms with Crippen molar-refractivity contribution in [3.8, 4) is 11.5 Å². The number of ether oxygens (including phenoxy) is 1. The summed E-state index contributed by atoms with van der Waals surface area (Å²) in [6, 6.07) is 4.73. The largest absolute Gasteiger partial charge is 0.507 e. The van der Waals surface area contributed by atoms with E-state index in [2.05, 4.69) is 0 Å². The van der Waals surface area contributed by atoms with Crippen LogP contribution in [0.2, 0.25) is 0 Å². The number of hydrogen-bond donors (Lipinski definition) is 1. The number of phenols is 1. The summed E-state index contributed by atoms with van der Waals surface area (Å²) >= 11 is 0. The molecular formula is C21H25NO4. The molecule has 0 bridgehead atoms. The highest BCUT2D eigenvalue weighted by molar-refractivity contribution is 5.83. The van der Waals surface area contributed by atoms with Gasteiger partial charge in [0.25, 0.3) is 0 Å². The van der Waals surface area contributed by atoms with Crippen LogP contribution in [0, 0.1) is 0 Å². The van der Waals surface area contributed by atoms with Crippen molar-refractivity contribution < 1.29 is 19.4 Å². The molecule has 0 fully saturated rings. The second-order valence-electron chi connectivity index (χ2n) is 6.11. The van der Waals surface area contributed by atoms with E-state index in [0.717, 1.165) is 23.1 Å². The summed E-state index contributed by atoms with van der Waals surface area (Å²) in [4.78, 5) is 24.8. The van der Waals surface area contributed by atoms with Crippen LogP contribution >= 0.6 is 0 Å². The highest BCUT2D eigenvalue weighted by Gasteiger charge is 2.22. The van der Waals surface area contributed by atoms with Crippen molar-refractivity contribution in [1.29, 1.82) is 0 Å². The number of aromatic hydroxyl groups is 1. The minimum absolute atomic E-state index is 0.0283. The fourth-order valence-corrected chi connectivity index (χ4v) is 3.07. The Morgan fingerprint density at radius 1 is 1.35 bits per heavy atom. The van der Waals surface area contributed by atoms with Gasteiger partial charge >= 0.3 is 0 Å². The second kappa shape index (κ2) is 9.04. The molecule has 5 nitrogen and oxygen atoms in total. The van der Waals surface area contributed by atoms with E-state index in [1.807, 2.05) is 32.1 Å². The van der Waals surface area contributed by atoms with Crippen LogP contribution in [0.3, 0.4) is 0 Å². The first-order chi connectivity index (χ1) is 12.5. The SMILES string of the molecule is C/C=C\C(=C/C)C1=C(COc2cccc(O)c2C=O)CN(C(C)=O)CC1. The van der Waals surface area contributed by atoms with Gasteiger partial charge in [-0.05, 0) is 49.1 Å². The zero-order valence-electron chi connectivity index (χ0n) is 15.5. The number of allylic oxidation sites excluding steroid dienone is 4. The van der Waals surface area contributed by atoms with Crippen LogP contribution in [0.1, 0.15) is 37.6 Å². The highest BCUT2D eigenvalue weighted by atomic mass is 16.5. The number of carbonyl (C=O) groups excluding carboxylic acids is 2. The lowest BCUT2D eigenvalue weighted by molar-refractivity contribution is -0.128. The summed E-state index contributed by atoms with van der Waals surface area (Å²) in [7, 11) is 0. The summed E-state index contributed by atoms with van der Waals surface area (Å²) in [5.74, 6) is 0.254. The minimum atomic E-state index is -0.108. The molecule has 0 unspecified atom stereocenters. The van der Waals surface area contributed by atoms with E-state index in [1.165, 1.54) is 6.07 Å². The molecule has 5 heteroatoms. The average Bonchev–Trinajstić information content (AvgIpc) is 2.64. The summed E-state index contributed by atoms with van der Waals surface area (Å²) in [6.07, 6.45) is 7.41. The van der Waals surface area contributed by atoms with Crippen LogP contribution < -0.4 is 4.74 Å². The Bertz CT molecular complexity index is 774. The smallest absolute Gasteiger partial charge is 0.219 e. The van der Waals surface area contributed by atoms with E-state index in [-0.39, 0.29) is 23.8 Å². The molecule has 1 N–H and O–H groups in total. The van der Waals surface area contributed by atoms with Crippen molar-refractivity contribution in [2.75, 3.05) is 19.7 Å². The number of phenolic OH excluding ortho intramolecular Hbond substituents is 1. The fraction of sp³-hybridized carbons (Fsp3) is 0.333. The molecule has 1 aromatic carbocycles. The van der Waals surface area contributed by atoms with Crippen molar-refractivity contribution in [2.24, 2.45) is 0 Å². The van der Waals surface area contributed by atoms with Gasteiger partial charge in [0.15, 0.2) is 6.29 Å². The van der Waals surface area contributed by atoms with Gasteiger partial charge < -0.3 is 14.7 Å². The van der Waals surface area contributed by atoms with Crippen LogP contribution in [0.4, 0.5) is 0 Å². The molecular weight excluding hydrogens is 330 g/mol. The van der Waals surface area contributed by atoms with Crippen molar-refractivity contribution in [1.82, 2.24) is 4.90 Å². The zero-order chi connectivity index (χ0) is 19.1. The van der Waals surface area contributed by atoms with Gasteiger partial charge in [0.2, 0.25) is 5.91 Å². The van der Waals surface area contributed by atoms with Crippen LogP contribution in [0.5, 0.6) is 11.5 Å². The van der Waals surface area contributed by atoms with Crippen molar-refractivity contribution in [2.45, 2.75) is 27.2 Å². The Morgan fingerprint density at radius 3 is 2.73 bits per heavy atom. The predicted octanol–water partition coefficient (Wildman–Crippen LogP) is 3.65. The van der Waals surface area contributed by atoms with E-state index in [0.29, 0.717) is 25.1 Å². The van der Waals surface area contributed by atoms with Crippen LogP contribution in [0.15, 0.2) is 53.1 Å². The second-order valence-corrected chi connectivity index (χ2v) is 6.11. The van der Waals surface area contributed by atoms with Gasteiger partial charge in [0.1, 0.15) is 18.1 Å². The van der Waals surface area contributed by atoms with Crippen LogP contribution in [-0.4, -0.2) is 41.9 Å². The summed E-state index contributed by atoms with van der Waals surface area (Å²) in [6.45, 7) is 6.93. The molecule has 26 heavy (non-hydrogen) atoms. The molecule has 1 aliphatic rings. The van der Waals surface area contributed by atoms with Gasteiger partial charge in [-0.25, -0.2) is 0 Å². The molecule has 0 aliphatic carbocycles. The molecule has 1 heterocycles. The Labute approximate surface area is 154 Å². The van der Waals surface area contributed by atoms with Crippen molar-refractivity contribution in [3.05, 3.63) is 58.7 Å². The normalized spacial score (nSPS) is 15.5. The number of nitrogens with zero attached hydrogens (tertiary/aromatic N) is 1. The lowest BCUT2D eigenvalue weighted by atomic mass is 9.93. The number of aldehydes is 1. The zero-order valence-corrected chi connectivity index (χ0v) is 15.5. The number of amides is 1. The quantitative estimate of drug-likeness (QED) is 0.625. The lowest BCUT2D eigenvalue weighted by Gasteiger charge is -2.31. The Balaban J connectivity index is 2.33. The van der Waals surface area contributed by atoms with Gasteiger partial charge in [-0.3, -0.25) is 9.59 Å². The maximum atomic E-state index is 11.8. The van der Waals surface area contributed by atoms with E-state index >= 15 is 0 Å². The molecule has 1 aliphatic heterocycles.